The second-order valence-electron chi connectivity index (χ2n) is 5.25. The number of anilines is 1. The highest BCUT2D eigenvalue weighted by atomic mass is 35.5. The first-order valence-electron chi connectivity index (χ1n) is 6.72. The third-order valence-corrected chi connectivity index (χ3v) is 4.53. The Bertz CT molecular complexity index is 759. The summed E-state index contributed by atoms with van der Waals surface area (Å²) in [6.07, 6.45) is 2.07. The van der Waals surface area contributed by atoms with E-state index in [1.165, 1.54) is 11.3 Å². The Morgan fingerprint density at radius 2 is 2.23 bits per heavy atom. The number of benzene rings is 1. The Kier molecular flexibility index (Phi) is 3.88. The van der Waals surface area contributed by atoms with Crippen LogP contribution < -0.4 is 5.32 Å². The lowest BCUT2D eigenvalue weighted by atomic mass is 9.95. The summed E-state index contributed by atoms with van der Waals surface area (Å²) < 4.78 is 0. The number of carbonyl (C=O) groups is 1. The van der Waals surface area contributed by atoms with Crippen LogP contribution in [0.3, 0.4) is 0 Å². The van der Waals surface area contributed by atoms with Crippen LogP contribution in [0, 0.1) is 6.92 Å². The number of rotatable bonds is 3. The van der Waals surface area contributed by atoms with Crippen molar-refractivity contribution in [1.82, 2.24) is 4.98 Å². The zero-order chi connectivity index (χ0) is 15.7. The summed E-state index contributed by atoms with van der Waals surface area (Å²) in [4.78, 5) is 23.0. The number of oxime groups is 1. The van der Waals surface area contributed by atoms with Gasteiger partial charge in [0.15, 0.2) is 5.13 Å². The Morgan fingerprint density at radius 3 is 2.91 bits per heavy atom. The first kappa shape index (κ1) is 15.0. The van der Waals surface area contributed by atoms with Gasteiger partial charge in [-0.05, 0) is 19.9 Å². The van der Waals surface area contributed by atoms with E-state index in [0.717, 1.165) is 10.4 Å². The van der Waals surface area contributed by atoms with Gasteiger partial charge in [-0.2, -0.15) is 0 Å². The van der Waals surface area contributed by atoms with Crippen molar-refractivity contribution in [3.05, 3.63) is 45.9 Å². The maximum atomic E-state index is 12.4. The Balaban J connectivity index is 1.74. The molecule has 1 aliphatic rings. The van der Waals surface area contributed by atoms with Gasteiger partial charge >= 0.3 is 0 Å². The standard InChI is InChI=1S/C15H14ClN3O2S/c1-9-8-17-14(22-9)18-13(20)15(2)7-12(19-21-15)10-5-3-4-6-11(10)16/h3-6,8H,7H2,1-2H3,(H,17,18,20)/t15-/m0/s1. The molecule has 5 nitrogen and oxygen atoms in total. The fourth-order valence-corrected chi connectivity index (χ4v) is 3.05. The molecule has 2 aromatic rings. The number of nitrogens with zero attached hydrogens (tertiary/aromatic N) is 2. The van der Waals surface area contributed by atoms with E-state index in [0.29, 0.717) is 22.3 Å². The molecule has 7 heteroatoms. The van der Waals surface area contributed by atoms with E-state index < -0.39 is 5.60 Å². The summed E-state index contributed by atoms with van der Waals surface area (Å²) in [6.45, 7) is 3.63. The van der Waals surface area contributed by atoms with Gasteiger partial charge in [-0.25, -0.2) is 4.98 Å². The molecular formula is C15H14ClN3O2S. The summed E-state index contributed by atoms with van der Waals surface area (Å²) >= 11 is 7.58. The molecule has 1 amide bonds. The molecule has 1 aliphatic heterocycles. The third-order valence-electron chi connectivity index (χ3n) is 3.37. The molecule has 0 saturated carbocycles. The van der Waals surface area contributed by atoms with Crippen LogP contribution in [0.1, 0.15) is 23.8 Å². The molecule has 0 aliphatic carbocycles. The van der Waals surface area contributed by atoms with Crippen LogP contribution >= 0.6 is 22.9 Å². The summed E-state index contributed by atoms with van der Waals surface area (Å²) in [5, 5.41) is 7.95. The molecule has 1 atom stereocenters. The minimum atomic E-state index is -1.06. The SMILES string of the molecule is Cc1cnc(NC(=O)[C@]2(C)CC(c3ccccc3Cl)=NO2)s1. The average Bonchev–Trinajstić information content (AvgIpc) is 3.07. The summed E-state index contributed by atoms with van der Waals surface area (Å²) in [7, 11) is 0. The summed E-state index contributed by atoms with van der Waals surface area (Å²) in [5.74, 6) is -0.271. The normalized spacial score (nSPS) is 20.4. The van der Waals surface area contributed by atoms with Crippen molar-refractivity contribution >= 4 is 39.7 Å². The van der Waals surface area contributed by atoms with E-state index in [1.54, 1.807) is 19.2 Å². The monoisotopic (exact) mass is 335 g/mol. The first-order chi connectivity index (χ1) is 10.5. The van der Waals surface area contributed by atoms with Crippen molar-refractivity contribution in [2.24, 2.45) is 5.16 Å². The number of carbonyl (C=O) groups excluding carboxylic acids is 1. The Labute approximate surface area is 137 Å². The molecule has 0 bridgehead atoms. The second-order valence-corrected chi connectivity index (χ2v) is 6.89. The van der Waals surface area contributed by atoms with Crippen LogP contribution in [-0.2, 0) is 9.63 Å². The van der Waals surface area contributed by atoms with Crippen molar-refractivity contribution in [3.8, 4) is 0 Å². The topological polar surface area (TPSA) is 63.6 Å². The van der Waals surface area contributed by atoms with Crippen LogP contribution in [0.5, 0.6) is 0 Å². The van der Waals surface area contributed by atoms with Gasteiger partial charge in [-0.1, -0.05) is 35.0 Å². The number of aryl methyl sites for hydroxylation is 1. The van der Waals surface area contributed by atoms with Crippen molar-refractivity contribution in [1.29, 1.82) is 0 Å². The maximum absolute atomic E-state index is 12.4. The predicted octanol–water partition coefficient (Wildman–Crippen LogP) is 3.63. The highest BCUT2D eigenvalue weighted by molar-refractivity contribution is 7.15. The van der Waals surface area contributed by atoms with E-state index in [4.69, 9.17) is 16.4 Å². The number of amides is 1. The first-order valence-corrected chi connectivity index (χ1v) is 7.91. The smallest absolute Gasteiger partial charge is 0.273 e. The van der Waals surface area contributed by atoms with Gasteiger partial charge in [-0.15, -0.1) is 11.3 Å². The molecule has 0 spiro atoms. The molecule has 1 aromatic carbocycles. The molecule has 0 radical (unpaired) electrons. The van der Waals surface area contributed by atoms with Crippen LogP contribution in [0.4, 0.5) is 5.13 Å². The van der Waals surface area contributed by atoms with Crippen molar-refractivity contribution in [2.75, 3.05) is 5.32 Å². The molecule has 22 heavy (non-hydrogen) atoms. The van der Waals surface area contributed by atoms with E-state index in [2.05, 4.69) is 15.5 Å². The van der Waals surface area contributed by atoms with Crippen molar-refractivity contribution in [3.63, 3.8) is 0 Å². The minimum Gasteiger partial charge on any atom is -0.379 e. The lowest BCUT2D eigenvalue weighted by Crippen LogP contribution is -2.40. The lowest BCUT2D eigenvalue weighted by molar-refractivity contribution is -0.135. The summed E-state index contributed by atoms with van der Waals surface area (Å²) in [5.41, 5.74) is 0.387. The molecular weight excluding hydrogens is 322 g/mol. The third kappa shape index (κ3) is 2.84. The Hall–Kier alpha value is -1.92. The fourth-order valence-electron chi connectivity index (χ4n) is 2.14. The second kappa shape index (κ2) is 5.70. The highest BCUT2D eigenvalue weighted by Crippen LogP contribution is 2.30. The van der Waals surface area contributed by atoms with E-state index in [-0.39, 0.29) is 5.91 Å². The minimum absolute atomic E-state index is 0.271. The summed E-state index contributed by atoms with van der Waals surface area (Å²) in [6, 6.07) is 7.36. The van der Waals surface area contributed by atoms with Gasteiger partial charge in [0.2, 0.25) is 5.60 Å². The molecule has 0 unspecified atom stereocenters. The van der Waals surface area contributed by atoms with Crippen molar-refractivity contribution < 1.29 is 9.63 Å². The molecule has 0 fully saturated rings. The molecule has 114 valence electrons. The zero-order valence-electron chi connectivity index (χ0n) is 12.1. The van der Waals surface area contributed by atoms with Gasteiger partial charge in [0.25, 0.3) is 5.91 Å². The molecule has 1 N–H and O–H groups in total. The number of aromatic nitrogens is 1. The molecule has 0 saturated heterocycles. The number of nitrogens with one attached hydrogen (secondary N) is 1. The number of halogens is 1. The fraction of sp³-hybridized carbons (Fsp3) is 0.267. The largest absolute Gasteiger partial charge is 0.379 e. The van der Waals surface area contributed by atoms with Gasteiger partial charge in [0, 0.05) is 28.1 Å². The van der Waals surface area contributed by atoms with E-state index in [1.807, 2.05) is 25.1 Å². The van der Waals surface area contributed by atoms with Gasteiger partial charge in [-0.3, -0.25) is 10.1 Å². The maximum Gasteiger partial charge on any atom is 0.273 e. The lowest BCUT2D eigenvalue weighted by Gasteiger charge is -2.19. The zero-order valence-corrected chi connectivity index (χ0v) is 13.7. The van der Waals surface area contributed by atoms with E-state index in [9.17, 15) is 4.79 Å². The van der Waals surface area contributed by atoms with Crippen LogP contribution in [0.2, 0.25) is 5.02 Å². The van der Waals surface area contributed by atoms with Crippen molar-refractivity contribution in [2.45, 2.75) is 25.9 Å². The molecule has 3 rings (SSSR count). The van der Waals surface area contributed by atoms with Crippen LogP contribution in [-0.4, -0.2) is 22.2 Å². The molecule has 2 heterocycles. The average molecular weight is 336 g/mol. The van der Waals surface area contributed by atoms with E-state index >= 15 is 0 Å². The predicted molar refractivity (Wildman–Crippen MR) is 87.6 cm³/mol. The number of hydrogen-bond donors (Lipinski definition) is 1. The quantitative estimate of drug-likeness (QED) is 0.931. The highest BCUT2D eigenvalue weighted by Gasteiger charge is 2.42. The molecule has 1 aromatic heterocycles. The van der Waals surface area contributed by atoms with Gasteiger partial charge < -0.3 is 4.84 Å². The number of hydrogen-bond acceptors (Lipinski definition) is 5. The number of thiazole rings is 1. The van der Waals surface area contributed by atoms with Gasteiger partial charge in [0.1, 0.15) is 0 Å². The van der Waals surface area contributed by atoms with Crippen LogP contribution in [0.25, 0.3) is 0 Å². The Morgan fingerprint density at radius 1 is 1.45 bits per heavy atom. The van der Waals surface area contributed by atoms with Gasteiger partial charge in [0.05, 0.1) is 5.71 Å². The van der Waals surface area contributed by atoms with Crippen LogP contribution in [0.15, 0.2) is 35.6 Å².